The molecule has 5 saturated heterocycles. The Morgan fingerprint density at radius 1 is 0.667 bits per heavy atom. The topological polar surface area (TPSA) is 70.4 Å². The fraction of sp³-hybridized carbons (Fsp3) is 1.00. The molecule has 6 heterocycles. The first-order valence-corrected chi connectivity index (χ1v) is 13.9. The maximum Gasteiger partial charge on any atom is 0.279 e. The highest BCUT2D eigenvalue weighted by molar-refractivity contribution is 7.82. The Morgan fingerprint density at radius 2 is 1.21 bits per heavy atom. The Labute approximate surface area is 143 Å². The van der Waals surface area contributed by atoms with Crippen molar-refractivity contribution in [2.75, 3.05) is 65.5 Å². The first-order chi connectivity index (χ1) is 11.7. The molecule has 6 rings (SSSR count). The van der Waals surface area contributed by atoms with Crippen LogP contribution in [0.4, 0.5) is 0 Å². The molecule has 0 bridgehead atoms. The van der Waals surface area contributed by atoms with Crippen molar-refractivity contribution in [1.29, 1.82) is 0 Å². The van der Waals surface area contributed by atoms with Crippen LogP contribution in [0, 0.1) is 0 Å². The fourth-order valence-corrected chi connectivity index (χ4v) is 17.4. The molecular formula is C12H25N8OP3. The third-order valence-corrected chi connectivity index (χ3v) is 16.7. The van der Waals surface area contributed by atoms with Gasteiger partial charge in [0.15, 0.2) is 0 Å². The van der Waals surface area contributed by atoms with E-state index in [1.165, 1.54) is 0 Å². The van der Waals surface area contributed by atoms with Crippen LogP contribution in [0.2, 0.25) is 0 Å². The molecule has 5 fully saturated rings. The SMILES string of the molecule is C1CCOP2(=NP(N3CC3)(N3CC3)=NP(N3CC3)(N3CC3)=N2)NC1. The summed E-state index contributed by atoms with van der Waals surface area (Å²) in [5.41, 5.74) is 0. The predicted molar refractivity (Wildman–Crippen MR) is 97.5 cm³/mol. The minimum Gasteiger partial charge on any atom is -0.316 e. The van der Waals surface area contributed by atoms with E-state index in [0.29, 0.717) is 0 Å². The van der Waals surface area contributed by atoms with E-state index in [0.717, 1.165) is 78.4 Å². The van der Waals surface area contributed by atoms with Gasteiger partial charge in [-0.25, -0.2) is 23.8 Å². The summed E-state index contributed by atoms with van der Waals surface area (Å²) in [6.45, 7) is 10.8. The summed E-state index contributed by atoms with van der Waals surface area (Å²) in [5.74, 6) is 0. The van der Waals surface area contributed by atoms with Gasteiger partial charge in [0, 0.05) is 58.9 Å². The van der Waals surface area contributed by atoms with Gasteiger partial charge in [-0.05, 0) is 12.8 Å². The van der Waals surface area contributed by atoms with Crippen molar-refractivity contribution < 1.29 is 4.52 Å². The van der Waals surface area contributed by atoms with E-state index < -0.39 is 22.6 Å². The molecule has 0 aromatic carbocycles. The molecule has 1 spiro atoms. The quantitative estimate of drug-likeness (QED) is 0.588. The lowest BCUT2D eigenvalue weighted by molar-refractivity contribution is 0.344. The van der Waals surface area contributed by atoms with Crippen LogP contribution in [-0.2, 0) is 4.52 Å². The molecular weight excluding hydrogens is 365 g/mol. The van der Waals surface area contributed by atoms with Gasteiger partial charge < -0.3 is 4.52 Å². The monoisotopic (exact) mass is 390 g/mol. The van der Waals surface area contributed by atoms with E-state index in [2.05, 4.69) is 23.8 Å². The molecule has 9 nitrogen and oxygen atoms in total. The van der Waals surface area contributed by atoms with E-state index in [1.807, 2.05) is 0 Å². The Hall–Kier alpha value is 0.450. The Balaban J connectivity index is 1.60. The third kappa shape index (κ3) is 2.41. The van der Waals surface area contributed by atoms with Gasteiger partial charge in [-0.15, -0.1) is 0 Å². The molecule has 6 aliphatic rings. The standard InChI is InChI=1S/C12H25N8OP3/c1-2-12-21-22(13-3-1)14-23(17-4-5-17,18-6-7-18)16-24(15-22,19-8-9-19)20-10-11-20/h13H,1-12H2. The highest BCUT2D eigenvalue weighted by Crippen LogP contribution is 2.84. The zero-order chi connectivity index (χ0) is 15.8. The van der Waals surface area contributed by atoms with Crippen LogP contribution in [0.15, 0.2) is 13.5 Å². The minimum absolute atomic E-state index is 0.785. The first kappa shape index (κ1) is 15.5. The van der Waals surface area contributed by atoms with Gasteiger partial charge in [0.1, 0.15) is 0 Å². The highest BCUT2D eigenvalue weighted by atomic mass is 31.3. The Morgan fingerprint density at radius 3 is 1.75 bits per heavy atom. The van der Waals surface area contributed by atoms with Gasteiger partial charge in [-0.1, -0.05) is 0 Å². The van der Waals surface area contributed by atoms with Crippen LogP contribution >= 0.6 is 22.6 Å². The summed E-state index contributed by atoms with van der Waals surface area (Å²) in [6.07, 6.45) is 2.26. The van der Waals surface area contributed by atoms with Crippen molar-refractivity contribution >= 4 is 22.6 Å². The summed E-state index contributed by atoms with van der Waals surface area (Å²) >= 11 is 0. The number of nitrogens with zero attached hydrogens (tertiary/aromatic N) is 7. The molecule has 134 valence electrons. The molecule has 6 aliphatic heterocycles. The summed E-state index contributed by atoms with van der Waals surface area (Å²) in [5, 5.41) is 3.68. The van der Waals surface area contributed by atoms with E-state index in [9.17, 15) is 0 Å². The third-order valence-electron chi connectivity index (χ3n) is 5.09. The van der Waals surface area contributed by atoms with E-state index in [-0.39, 0.29) is 0 Å². The summed E-state index contributed by atoms with van der Waals surface area (Å²) in [6, 6.07) is 0. The number of hydrogen-bond donors (Lipinski definition) is 1. The lowest BCUT2D eigenvalue weighted by Crippen LogP contribution is -2.16. The van der Waals surface area contributed by atoms with E-state index in [1.54, 1.807) is 0 Å². The van der Waals surface area contributed by atoms with Gasteiger partial charge >= 0.3 is 0 Å². The van der Waals surface area contributed by atoms with Crippen molar-refractivity contribution in [3.63, 3.8) is 0 Å². The van der Waals surface area contributed by atoms with Crippen LogP contribution in [0.25, 0.3) is 0 Å². The average Bonchev–Trinajstić information content (AvgIpc) is 3.40. The van der Waals surface area contributed by atoms with Crippen molar-refractivity contribution in [1.82, 2.24) is 23.8 Å². The molecule has 24 heavy (non-hydrogen) atoms. The summed E-state index contributed by atoms with van der Waals surface area (Å²) in [7, 11) is -6.22. The maximum absolute atomic E-state index is 6.41. The van der Waals surface area contributed by atoms with E-state index >= 15 is 0 Å². The van der Waals surface area contributed by atoms with Gasteiger partial charge in [0.05, 0.1) is 6.61 Å². The number of nitrogens with one attached hydrogen (secondary N) is 1. The lowest BCUT2D eigenvalue weighted by Gasteiger charge is -2.37. The molecule has 0 amide bonds. The lowest BCUT2D eigenvalue weighted by atomic mass is 10.3. The zero-order valence-electron chi connectivity index (χ0n) is 13.9. The van der Waals surface area contributed by atoms with E-state index in [4.69, 9.17) is 18.1 Å². The average molecular weight is 390 g/mol. The van der Waals surface area contributed by atoms with Crippen LogP contribution < -0.4 is 5.09 Å². The molecule has 0 saturated carbocycles. The molecule has 0 aromatic heterocycles. The largest absolute Gasteiger partial charge is 0.316 e. The first-order valence-electron chi connectivity index (χ1n) is 9.08. The predicted octanol–water partition coefficient (Wildman–Crippen LogP) is 2.50. The van der Waals surface area contributed by atoms with Crippen LogP contribution in [0.5, 0.6) is 0 Å². The molecule has 1 N–H and O–H groups in total. The maximum atomic E-state index is 6.41. The van der Waals surface area contributed by atoms with Crippen molar-refractivity contribution in [3.05, 3.63) is 0 Å². The fourth-order valence-electron chi connectivity index (χ4n) is 3.41. The van der Waals surface area contributed by atoms with Crippen LogP contribution in [0.1, 0.15) is 12.8 Å². The molecule has 12 heteroatoms. The molecule has 1 unspecified atom stereocenters. The van der Waals surface area contributed by atoms with Crippen LogP contribution in [0.3, 0.4) is 0 Å². The normalized spacial score (nSPS) is 41.0. The van der Waals surface area contributed by atoms with Gasteiger partial charge in [0.2, 0.25) is 15.0 Å². The second-order valence-corrected chi connectivity index (χ2v) is 15.4. The number of rotatable bonds is 4. The van der Waals surface area contributed by atoms with Gasteiger partial charge in [-0.2, -0.15) is 13.5 Å². The minimum atomic E-state index is -2.29. The van der Waals surface area contributed by atoms with Gasteiger partial charge in [0.25, 0.3) is 7.58 Å². The van der Waals surface area contributed by atoms with Crippen molar-refractivity contribution in [3.8, 4) is 0 Å². The van der Waals surface area contributed by atoms with Crippen molar-refractivity contribution in [2.45, 2.75) is 12.8 Å². The zero-order valence-corrected chi connectivity index (χ0v) is 16.5. The van der Waals surface area contributed by atoms with Crippen molar-refractivity contribution in [2.24, 2.45) is 13.5 Å². The summed E-state index contributed by atoms with van der Waals surface area (Å²) < 4.78 is 32.8. The highest BCUT2D eigenvalue weighted by Gasteiger charge is 2.56. The number of hydrogen-bond acceptors (Lipinski definition) is 9. The molecule has 0 radical (unpaired) electrons. The molecule has 1 atom stereocenters. The Kier molecular flexibility index (Phi) is 3.39. The second-order valence-electron chi connectivity index (χ2n) is 7.15. The Bertz CT molecular complexity index is 665. The molecule has 0 aromatic rings. The smallest absolute Gasteiger partial charge is 0.279 e. The van der Waals surface area contributed by atoms with Gasteiger partial charge in [-0.3, -0.25) is 0 Å². The van der Waals surface area contributed by atoms with Crippen LogP contribution in [-0.4, -0.2) is 84.2 Å². The summed E-state index contributed by atoms with van der Waals surface area (Å²) in [4.78, 5) is 0. The molecule has 0 aliphatic carbocycles. The second kappa shape index (κ2) is 5.25.